The molecule has 206 valence electrons. The third-order valence-corrected chi connectivity index (χ3v) is 11.7. The molecular formula is C28H40N5O4P. The average molecular weight is 542 g/mol. The zero-order chi connectivity index (χ0) is 25.6. The highest BCUT2D eigenvalue weighted by atomic mass is 31.2. The Morgan fingerprint density at radius 1 is 0.553 bits per heavy atom. The first-order valence-corrected chi connectivity index (χ1v) is 15.6. The standard InChI is InChI=1S/C28H40N5O4P/c1-2-4-25(5-3-1)29-38(32-12-20-36-21-13-32,33-14-22-37-23-15-33)28-7-6-26(30-8-16-34-17-9-30)24-27(28)31-10-18-35-19-11-31/h1-7,24H,8-23H2. The molecule has 0 N–H and O–H groups in total. The molecule has 9 nitrogen and oxygen atoms in total. The minimum atomic E-state index is -2.38. The minimum Gasteiger partial charge on any atom is -0.379 e. The zero-order valence-electron chi connectivity index (χ0n) is 22.2. The van der Waals surface area contributed by atoms with E-state index in [0.29, 0.717) is 0 Å². The van der Waals surface area contributed by atoms with Gasteiger partial charge >= 0.3 is 0 Å². The van der Waals surface area contributed by atoms with E-state index in [1.165, 1.54) is 16.7 Å². The van der Waals surface area contributed by atoms with Gasteiger partial charge in [-0.25, -0.2) is 14.1 Å². The Morgan fingerprint density at radius 3 is 1.61 bits per heavy atom. The minimum absolute atomic E-state index is 0.731. The lowest BCUT2D eigenvalue weighted by molar-refractivity contribution is 0.0579. The summed E-state index contributed by atoms with van der Waals surface area (Å²) in [7, 11) is -2.38. The fraction of sp³-hybridized carbons (Fsp3) is 0.571. The molecule has 2 aromatic rings. The molecule has 4 heterocycles. The first-order chi connectivity index (χ1) is 18.8. The summed E-state index contributed by atoms with van der Waals surface area (Å²) in [6.07, 6.45) is 0. The Hall–Kier alpha value is -1.97. The molecule has 2 aromatic carbocycles. The number of hydrogen-bond acceptors (Lipinski definition) is 7. The molecule has 0 amide bonds. The van der Waals surface area contributed by atoms with Crippen LogP contribution < -0.4 is 15.1 Å². The van der Waals surface area contributed by atoms with Gasteiger partial charge in [-0.1, -0.05) is 18.2 Å². The van der Waals surface area contributed by atoms with Crippen LogP contribution in [0.15, 0.2) is 53.3 Å². The molecule has 4 aliphatic heterocycles. The third-order valence-electron chi connectivity index (χ3n) is 7.79. The van der Waals surface area contributed by atoms with Gasteiger partial charge in [0.25, 0.3) is 0 Å². The molecule has 4 fully saturated rings. The van der Waals surface area contributed by atoms with Crippen LogP contribution in [0.3, 0.4) is 0 Å². The molecule has 0 radical (unpaired) electrons. The molecule has 0 bridgehead atoms. The van der Waals surface area contributed by atoms with Gasteiger partial charge in [-0.05, 0) is 30.3 Å². The summed E-state index contributed by atoms with van der Waals surface area (Å²) in [5, 5.41) is 1.34. The van der Waals surface area contributed by atoms with Crippen molar-refractivity contribution >= 4 is 29.7 Å². The van der Waals surface area contributed by atoms with Gasteiger partial charge < -0.3 is 28.7 Å². The number of morpholine rings is 4. The smallest absolute Gasteiger partial charge is 0.135 e. The first-order valence-electron chi connectivity index (χ1n) is 14.0. The largest absolute Gasteiger partial charge is 0.379 e. The zero-order valence-corrected chi connectivity index (χ0v) is 23.1. The van der Waals surface area contributed by atoms with Crippen LogP contribution in [-0.2, 0) is 18.9 Å². The number of benzene rings is 2. The van der Waals surface area contributed by atoms with Crippen molar-refractivity contribution < 1.29 is 18.9 Å². The van der Waals surface area contributed by atoms with E-state index in [2.05, 4.69) is 67.7 Å². The first kappa shape index (κ1) is 26.3. The summed E-state index contributed by atoms with van der Waals surface area (Å²) in [5.41, 5.74) is 3.59. The van der Waals surface area contributed by atoms with E-state index in [9.17, 15) is 0 Å². The van der Waals surface area contributed by atoms with Crippen LogP contribution in [0.5, 0.6) is 0 Å². The van der Waals surface area contributed by atoms with Crippen molar-refractivity contribution in [1.29, 1.82) is 0 Å². The molecule has 0 spiro atoms. The molecule has 4 saturated heterocycles. The molecule has 0 saturated carbocycles. The Balaban J connectivity index is 1.56. The average Bonchev–Trinajstić information content (AvgIpc) is 3.02. The maximum absolute atomic E-state index is 5.86. The SMILES string of the molecule is c1ccc(N=P(c2ccc(N3CCOCC3)cc2N2CCOCC2)(N2CCOCC2)N2CCOCC2)cc1. The number of ether oxygens (including phenoxy) is 4. The Morgan fingerprint density at radius 2 is 1.05 bits per heavy atom. The van der Waals surface area contributed by atoms with Gasteiger partial charge in [-0.2, -0.15) is 0 Å². The second kappa shape index (κ2) is 12.5. The van der Waals surface area contributed by atoms with Crippen LogP contribution in [0.25, 0.3) is 0 Å². The molecule has 4 aliphatic rings. The highest BCUT2D eigenvalue weighted by Crippen LogP contribution is 2.59. The van der Waals surface area contributed by atoms with Gasteiger partial charge in [0, 0.05) is 63.3 Å². The van der Waals surface area contributed by atoms with Gasteiger partial charge in [0.15, 0.2) is 0 Å². The monoisotopic (exact) mass is 541 g/mol. The topological polar surface area (TPSA) is 62.2 Å². The molecule has 0 aliphatic carbocycles. The van der Waals surface area contributed by atoms with Crippen LogP contribution in [0.4, 0.5) is 17.1 Å². The highest BCUT2D eigenvalue weighted by molar-refractivity contribution is 7.70. The van der Waals surface area contributed by atoms with Gasteiger partial charge in [0.05, 0.1) is 64.2 Å². The van der Waals surface area contributed by atoms with Gasteiger partial charge in [0.1, 0.15) is 7.36 Å². The van der Waals surface area contributed by atoms with Crippen LogP contribution in [0, 0.1) is 0 Å². The summed E-state index contributed by atoms with van der Waals surface area (Å²) >= 11 is 0. The number of nitrogens with zero attached hydrogens (tertiary/aromatic N) is 5. The van der Waals surface area contributed by atoms with Crippen molar-refractivity contribution in [2.24, 2.45) is 4.74 Å². The van der Waals surface area contributed by atoms with Crippen LogP contribution in [-0.4, -0.2) is 115 Å². The molecule has 6 rings (SSSR count). The van der Waals surface area contributed by atoms with Crippen molar-refractivity contribution in [2.45, 2.75) is 0 Å². The van der Waals surface area contributed by atoms with E-state index in [1.807, 2.05) is 0 Å². The quantitative estimate of drug-likeness (QED) is 0.518. The lowest BCUT2D eigenvalue weighted by Crippen LogP contribution is -2.48. The Labute approximate surface area is 226 Å². The van der Waals surface area contributed by atoms with Crippen molar-refractivity contribution in [1.82, 2.24) is 9.34 Å². The molecule has 10 heteroatoms. The maximum Gasteiger partial charge on any atom is 0.135 e. The van der Waals surface area contributed by atoms with E-state index >= 15 is 0 Å². The summed E-state index contributed by atoms with van der Waals surface area (Å²) in [6, 6.07) is 17.7. The van der Waals surface area contributed by atoms with E-state index in [-0.39, 0.29) is 0 Å². The number of hydrogen-bond donors (Lipinski definition) is 0. The van der Waals surface area contributed by atoms with Crippen LogP contribution in [0.1, 0.15) is 0 Å². The van der Waals surface area contributed by atoms with Gasteiger partial charge in [-0.15, -0.1) is 0 Å². The predicted molar refractivity (Wildman–Crippen MR) is 152 cm³/mol. The molecular weight excluding hydrogens is 501 g/mol. The summed E-state index contributed by atoms with van der Waals surface area (Å²) < 4.78 is 34.2. The lowest BCUT2D eigenvalue weighted by Gasteiger charge is -2.48. The normalized spacial score (nSPS) is 22.4. The predicted octanol–water partition coefficient (Wildman–Crippen LogP) is 3.01. The second-order valence-electron chi connectivity index (χ2n) is 10.0. The Bertz CT molecular complexity index is 1070. The van der Waals surface area contributed by atoms with Crippen LogP contribution in [0.2, 0.25) is 0 Å². The summed E-state index contributed by atoms with van der Waals surface area (Å²) in [5.74, 6) is 0. The van der Waals surface area contributed by atoms with E-state index in [0.717, 1.165) is 111 Å². The lowest BCUT2D eigenvalue weighted by atomic mass is 10.2. The van der Waals surface area contributed by atoms with Gasteiger partial charge in [-0.3, -0.25) is 0 Å². The van der Waals surface area contributed by atoms with Crippen LogP contribution >= 0.6 is 7.36 Å². The van der Waals surface area contributed by atoms with Crippen molar-refractivity contribution in [3.8, 4) is 0 Å². The van der Waals surface area contributed by atoms with E-state index < -0.39 is 7.36 Å². The highest BCUT2D eigenvalue weighted by Gasteiger charge is 2.41. The molecule has 38 heavy (non-hydrogen) atoms. The van der Waals surface area contributed by atoms with Crippen molar-refractivity contribution in [3.63, 3.8) is 0 Å². The number of rotatable bonds is 6. The molecule has 0 atom stereocenters. The molecule has 0 unspecified atom stereocenters. The fourth-order valence-corrected chi connectivity index (χ4v) is 9.84. The van der Waals surface area contributed by atoms with Crippen molar-refractivity contribution in [3.05, 3.63) is 48.5 Å². The van der Waals surface area contributed by atoms with E-state index in [4.69, 9.17) is 23.7 Å². The van der Waals surface area contributed by atoms with Gasteiger partial charge in [0.2, 0.25) is 0 Å². The molecule has 0 aromatic heterocycles. The fourth-order valence-electron chi connectivity index (χ4n) is 5.83. The summed E-state index contributed by atoms with van der Waals surface area (Å²) in [6.45, 7) is 13.1. The number of anilines is 2. The summed E-state index contributed by atoms with van der Waals surface area (Å²) in [4.78, 5) is 4.98. The maximum atomic E-state index is 5.86. The Kier molecular flexibility index (Phi) is 8.62. The van der Waals surface area contributed by atoms with Crippen molar-refractivity contribution in [2.75, 3.05) is 115 Å². The third kappa shape index (κ3) is 5.52. The second-order valence-corrected chi connectivity index (χ2v) is 13.0. The van der Waals surface area contributed by atoms with E-state index in [1.54, 1.807) is 0 Å².